The predicted molar refractivity (Wildman–Crippen MR) is 89.9 cm³/mol. The zero-order valence-corrected chi connectivity index (χ0v) is 13.4. The van der Waals surface area contributed by atoms with Crippen molar-refractivity contribution in [2.24, 2.45) is 0 Å². The number of fused-ring (bicyclic) bond motifs is 1. The minimum Gasteiger partial charge on any atom is -0.383 e. The number of aromatic nitrogens is 1. The van der Waals surface area contributed by atoms with Crippen molar-refractivity contribution >= 4 is 10.9 Å². The highest BCUT2D eigenvalue weighted by Gasteiger charge is 2.07. The monoisotopic (exact) mass is 288 g/mol. The molecule has 1 aromatic heterocycles. The molecular formula is C18H28N2O. The summed E-state index contributed by atoms with van der Waals surface area (Å²) in [5, 5.41) is 4.84. The van der Waals surface area contributed by atoms with Crippen LogP contribution in [0.2, 0.25) is 0 Å². The molecule has 0 radical (unpaired) electrons. The molecule has 1 N–H and O–H groups in total. The van der Waals surface area contributed by atoms with Gasteiger partial charge in [0.2, 0.25) is 0 Å². The molecule has 3 nitrogen and oxygen atoms in total. The first kappa shape index (κ1) is 16.1. The smallest absolute Gasteiger partial charge is 0.0587 e. The van der Waals surface area contributed by atoms with Gasteiger partial charge in [0.1, 0.15) is 0 Å². The second kappa shape index (κ2) is 8.85. The molecule has 0 atom stereocenters. The third-order valence-corrected chi connectivity index (χ3v) is 3.91. The standard InChI is InChI=1S/C18H28N2O/c1-3-4-13-20-15-16(8-7-11-19-12-14-21-2)17-9-5-6-10-18(17)20/h5-6,9-10,15,19H,3-4,7-8,11-14H2,1-2H3. The number of hydrogen-bond acceptors (Lipinski definition) is 2. The molecule has 1 heterocycles. The molecule has 3 heteroatoms. The molecule has 116 valence electrons. The molecule has 0 aliphatic rings. The molecule has 0 fully saturated rings. The molecule has 0 bridgehead atoms. The van der Waals surface area contributed by atoms with E-state index in [0.29, 0.717) is 0 Å². The SMILES string of the molecule is CCCCn1cc(CCCNCCOC)c2ccccc21. The minimum absolute atomic E-state index is 0.788. The Hall–Kier alpha value is -1.32. The molecule has 0 amide bonds. The van der Waals surface area contributed by atoms with E-state index in [0.717, 1.165) is 32.7 Å². The number of ether oxygens (including phenoxy) is 1. The highest BCUT2D eigenvalue weighted by atomic mass is 16.5. The van der Waals surface area contributed by atoms with Crippen LogP contribution >= 0.6 is 0 Å². The molecule has 1 aromatic carbocycles. The summed E-state index contributed by atoms with van der Waals surface area (Å²) in [5.74, 6) is 0. The largest absolute Gasteiger partial charge is 0.383 e. The number of aryl methyl sites for hydroxylation is 2. The summed E-state index contributed by atoms with van der Waals surface area (Å²) in [6.07, 6.45) is 7.16. The molecule has 2 rings (SSSR count). The maximum Gasteiger partial charge on any atom is 0.0587 e. The zero-order chi connectivity index (χ0) is 14.9. The molecule has 0 saturated carbocycles. The third-order valence-electron chi connectivity index (χ3n) is 3.91. The summed E-state index contributed by atoms with van der Waals surface area (Å²) in [6.45, 7) is 6.16. The molecule has 2 aromatic rings. The average molecular weight is 288 g/mol. The number of para-hydroxylation sites is 1. The Labute approximate surface area is 128 Å². The maximum atomic E-state index is 5.04. The van der Waals surface area contributed by atoms with Crippen molar-refractivity contribution < 1.29 is 4.74 Å². The van der Waals surface area contributed by atoms with Crippen molar-refractivity contribution in [2.75, 3.05) is 26.8 Å². The van der Waals surface area contributed by atoms with Gasteiger partial charge in [-0.25, -0.2) is 0 Å². The average Bonchev–Trinajstić information content (AvgIpc) is 2.87. The van der Waals surface area contributed by atoms with E-state index in [2.05, 4.69) is 47.3 Å². The first-order valence-electron chi connectivity index (χ1n) is 8.13. The van der Waals surface area contributed by atoms with Gasteiger partial charge in [-0.2, -0.15) is 0 Å². The number of benzene rings is 1. The van der Waals surface area contributed by atoms with Crippen LogP contribution in [0.15, 0.2) is 30.5 Å². The molecule has 0 aliphatic carbocycles. The summed E-state index contributed by atoms with van der Waals surface area (Å²) < 4.78 is 7.46. The molecule has 21 heavy (non-hydrogen) atoms. The van der Waals surface area contributed by atoms with Gasteiger partial charge < -0.3 is 14.6 Å². The van der Waals surface area contributed by atoms with Crippen molar-refractivity contribution in [1.82, 2.24) is 9.88 Å². The second-order valence-electron chi connectivity index (χ2n) is 5.56. The van der Waals surface area contributed by atoms with Crippen molar-refractivity contribution in [1.29, 1.82) is 0 Å². The summed E-state index contributed by atoms with van der Waals surface area (Å²) in [5.41, 5.74) is 2.86. The number of hydrogen-bond donors (Lipinski definition) is 1. The molecular weight excluding hydrogens is 260 g/mol. The fourth-order valence-corrected chi connectivity index (χ4v) is 2.74. The first-order valence-corrected chi connectivity index (χ1v) is 8.13. The Balaban J connectivity index is 1.95. The van der Waals surface area contributed by atoms with E-state index < -0.39 is 0 Å². The van der Waals surface area contributed by atoms with Crippen molar-refractivity contribution in [2.45, 2.75) is 39.2 Å². The first-order chi connectivity index (χ1) is 10.4. The van der Waals surface area contributed by atoms with Gasteiger partial charge in [-0.3, -0.25) is 0 Å². The van der Waals surface area contributed by atoms with E-state index >= 15 is 0 Å². The lowest BCUT2D eigenvalue weighted by atomic mass is 10.1. The Bertz CT molecular complexity index is 533. The molecule has 0 aliphatic heterocycles. The lowest BCUT2D eigenvalue weighted by molar-refractivity contribution is 0.199. The Morgan fingerprint density at radius 3 is 2.81 bits per heavy atom. The van der Waals surface area contributed by atoms with Crippen LogP contribution in [-0.2, 0) is 17.7 Å². The van der Waals surface area contributed by atoms with Gasteiger partial charge in [0.15, 0.2) is 0 Å². The van der Waals surface area contributed by atoms with E-state index in [1.807, 2.05) is 0 Å². The Kier molecular flexibility index (Phi) is 6.77. The van der Waals surface area contributed by atoms with E-state index in [4.69, 9.17) is 4.74 Å². The van der Waals surface area contributed by atoms with E-state index in [1.54, 1.807) is 7.11 Å². The van der Waals surface area contributed by atoms with Crippen LogP contribution in [0.5, 0.6) is 0 Å². The van der Waals surface area contributed by atoms with Gasteiger partial charge in [-0.05, 0) is 37.4 Å². The van der Waals surface area contributed by atoms with Crippen LogP contribution < -0.4 is 5.32 Å². The van der Waals surface area contributed by atoms with Crippen molar-refractivity contribution in [3.8, 4) is 0 Å². The Morgan fingerprint density at radius 2 is 2.00 bits per heavy atom. The number of unbranched alkanes of at least 4 members (excludes halogenated alkanes) is 1. The van der Waals surface area contributed by atoms with Crippen LogP contribution in [0.1, 0.15) is 31.7 Å². The number of methoxy groups -OCH3 is 1. The van der Waals surface area contributed by atoms with Gasteiger partial charge in [-0.1, -0.05) is 31.5 Å². The van der Waals surface area contributed by atoms with Crippen molar-refractivity contribution in [3.05, 3.63) is 36.0 Å². The fraction of sp³-hybridized carbons (Fsp3) is 0.556. The fourth-order valence-electron chi connectivity index (χ4n) is 2.74. The third kappa shape index (κ3) is 4.58. The van der Waals surface area contributed by atoms with Crippen LogP contribution in [-0.4, -0.2) is 31.4 Å². The number of rotatable bonds is 10. The van der Waals surface area contributed by atoms with E-state index in [-0.39, 0.29) is 0 Å². The van der Waals surface area contributed by atoms with Gasteiger partial charge >= 0.3 is 0 Å². The Morgan fingerprint density at radius 1 is 1.14 bits per heavy atom. The van der Waals surface area contributed by atoms with Gasteiger partial charge in [0.05, 0.1) is 6.61 Å². The van der Waals surface area contributed by atoms with Gasteiger partial charge in [-0.15, -0.1) is 0 Å². The van der Waals surface area contributed by atoms with E-state index in [9.17, 15) is 0 Å². The summed E-state index contributed by atoms with van der Waals surface area (Å²) >= 11 is 0. The lowest BCUT2D eigenvalue weighted by Crippen LogP contribution is -2.20. The molecule has 0 saturated heterocycles. The predicted octanol–water partition coefficient (Wildman–Crippen LogP) is 3.61. The summed E-state index contributed by atoms with van der Waals surface area (Å²) in [7, 11) is 1.74. The minimum atomic E-state index is 0.788. The van der Waals surface area contributed by atoms with Crippen LogP contribution in [0.25, 0.3) is 10.9 Å². The maximum absolute atomic E-state index is 5.04. The van der Waals surface area contributed by atoms with Crippen LogP contribution in [0.3, 0.4) is 0 Å². The summed E-state index contributed by atoms with van der Waals surface area (Å²) in [6, 6.07) is 8.78. The van der Waals surface area contributed by atoms with Gasteiger partial charge in [0, 0.05) is 37.3 Å². The highest BCUT2D eigenvalue weighted by Crippen LogP contribution is 2.22. The lowest BCUT2D eigenvalue weighted by Gasteiger charge is -2.03. The van der Waals surface area contributed by atoms with E-state index in [1.165, 1.54) is 35.7 Å². The molecule has 0 unspecified atom stereocenters. The highest BCUT2D eigenvalue weighted by molar-refractivity contribution is 5.83. The van der Waals surface area contributed by atoms with Crippen LogP contribution in [0.4, 0.5) is 0 Å². The number of nitrogens with one attached hydrogen (secondary N) is 1. The zero-order valence-electron chi connectivity index (χ0n) is 13.4. The topological polar surface area (TPSA) is 26.2 Å². The van der Waals surface area contributed by atoms with Crippen molar-refractivity contribution in [3.63, 3.8) is 0 Å². The molecule has 0 spiro atoms. The van der Waals surface area contributed by atoms with Gasteiger partial charge in [0.25, 0.3) is 0 Å². The summed E-state index contributed by atoms with van der Waals surface area (Å²) in [4.78, 5) is 0. The quantitative estimate of drug-likeness (QED) is 0.676. The normalized spacial score (nSPS) is 11.3. The second-order valence-corrected chi connectivity index (χ2v) is 5.56. The van der Waals surface area contributed by atoms with Crippen LogP contribution in [0, 0.1) is 0 Å². The number of nitrogens with zero attached hydrogens (tertiary/aromatic N) is 1.